The van der Waals surface area contributed by atoms with E-state index >= 15 is 0 Å². The van der Waals surface area contributed by atoms with Gasteiger partial charge in [-0.15, -0.1) is 0 Å². The second-order valence-electron chi connectivity index (χ2n) is 4.58. The molecule has 2 aromatic rings. The average molecular weight is 299 g/mol. The molecule has 0 aliphatic carbocycles. The average Bonchev–Trinajstić information content (AvgIpc) is 2.97. The molecule has 5 nitrogen and oxygen atoms in total. The molecule has 0 bridgehead atoms. The summed E-state index contributed by atoms with van der Waals surface area (Å²) in [5.74, 6) is 1.27. The first-order valence-corrected chi connectivity index (χ1v) is 6.79. The molecule has 1 aliphatic rings. The second kappa shape index (κ2) is 5.07. The van der Waals surface area contributed by atoms with Gasteiger partial charge < -0.3 is 9.84 Å². The molecule has 100 valence electrons. The summed E-state index contributed by atoms with van der Waals surface area (Å²) < 4.78 is 5.33. The molecule has 0 radical (unpaired) electrons. The van der Waals surface area contributed by atoms with Crippen LogP contribution in [0.5, 0.6) is 0 Å². The number of hydrogen-bond acceptors (Lipinski definition) is 5. The van der Waals surface area contributed by atoms with Crippen molar-refractivity contribution in [3.8, 4) is 11.5 Å². The quantitative estimate of drug-likeness (QED) is 0.923. The smallest absolute Gasteiger partial charge is 0.231 e. The van der Waals surface area contributed by atoms with E-state index in [9.17, 15) is 0 Å². The maximum Gasteiger partial charge on any atom is 0.231 e. The predicted octanol–water partition coefficient (Wildman–Crippen LogP) is 2.90. The molecule has 0 amide bonds. The van der Waals surface area contributed by atoms with E-state index in [1.807, 2.05) is 0 Å². The molecule has 3 rings (SSSR count). The van der Waals surface area contributed by atoms with Crippen molar-refractivity contribution in [3.63, 3.8) is 0 Å². The van der Waals surface area contributed by atoms with Crippen LogP contribution in [-0.2, 0) is 0 Å². The Morgan fingerprint density at radius 3 is 2.95 bits per heavy atom. The monoisotopic (exact) mass is 298 g/mol. The Hall–Kier alpha value is -1.17. The van der Waals surface area contributed by atoms with E-state index < -0.39 is 0 Å². The maximum absolute atomic E-state index is 6.08. The van der Waals surface area contributed by atoms with Crippen molar-refractivity contribution >= 4 is 23.2 Å². The van der Waals surface area contributed by atoms with Crippen LogP contribution < -0.4 is 5.32 Å². The van der Waals surface area contributed by atoms with Crippen molar-refractivity contribution < 1.29 is 4.52 Å². The first-order valence-electron chi connectivity index (χ1n) is 6.03. The minimum absolute atomic E-state index is 0.243. The molecular formula is C12H12Cl2N4O. The van der Waals surface area contributed by atoms with Gasteiger partial charge in [0.2, 0.25) is 11.7 Å². The van der Waals surface area contributed by atoms with Gasteiger partial charge in [-0.25, -0.2) is 4.98 Å². The van der Waals surface area contributed by atoms with E-state index in [1.165, 1.54) is 6.20 Å². The molecule has 2 atom stereocenters. The number of hydrogen-bond donors (Lipinski definition) is 1. The summed E-state index contributed by atoms with van der Waals surface area (Å²) in [6, 6.07) is 1.95. The van der Waals surface area contributed by atoms with Crippen LogP contribution in [0.1, 0.15) is 25.2 Å². The van der Waals surface area contributed by atoms with E-state index in [0.717, 1.165) is 13.0 Å². The molecule has 1 aliphatic heterocycles. The lowest BCUT2D eigenvalue weighted by atomic mass is 10.0. The number of nitrogens with zero attached hydrogens (tertiary/aromatic N) is 3. The van der Waals surface area contributed by atoms with Gasteiger partial charge in [0, 0.05) is 12.2 Å². The van der Waals surface area contributed by atoms with E-state index in [2.05, 4.69) is 27.4 Å². The molecule has 3 heterocycles. The summed E-state index contributed by atoms with van der Waals surface area (Å²) >= 11 is 11.9. The van der Waals surface area contributed by atoms with Gasteiger partial charge in [-0.3, -0.25) is 0 Å². The molecular weight excluding hydrogens is 287 g/mol. The lowest BCUT2D eigenvalue weighted by Crippen LogP contribution is -2.21. The summed E-state index contributed by atoms with van der Waals surface area (Å²) in [7, 11) is 0. The molecule has 0 spiro atoms. The summed E-state index contributed by atoms with van der Waals surface area (Å²) in [4.78, 5) is 8.54. The third-order valence-electron chi connectivity index (χ3n) is 3.30. The number of nitrogens with one attached hydrogen (secondary N) is 1. The number of halogens is 2. The molecule has 1 saturated heterocycles. The predicted molar refractivity (Wildman–Crippen MR) is 72.4 cm³/mol. The first-order chi connectivity index (χ1) is 9.15. The van der Waals surface area contributed by atoms with Crippen LogP contribution in [0.4, 0.5) is 0 Å². The van der Waals surface area contributed by atoms with Crippen LogP contribution in [0, 0.1) is 0 Å². The second-order valence-corrected chi connectivity index (χ2v) is 5.42. The van der Waals surface area contributed by atoms with E-state index in [0.29, 0.717) is 33.5 Å². The minimum Gasteiger partial charge on any atom is -0.339 e. The van der Waals surface area contributed by atoms with Crippen LogP contribution >= 0.6 is 23.2 Å². The Balaban J connectivity index is 1.92. The third-order valence-corrected chi connectivity index (χ3v) is 3.80. The number of pyridine rings is 1. The normalized spacial score (nSPS) is 22.9. The molecule has 1 fully saturated rings. The Bertz CT molecular complexity index is 601. The van der Waals surface area contributed by atoms with Gasteiger partial charge in [0.15, 0.2) is 0 Å². The lowest BCUT2D eigenvalue weighted by molar-refractivity contribution is 0.345. The van der Waals surface area contributed by atoms with E-state index in [1.54, 1.807) is 6.07 Å². The van der Waals surface area contributed by atoms with Crippen LogP contribution in [0.25, 0.3) is 11.5 Å². The molecule has 1 N–H and O–H groups in total. The van der Waals surface area contributed by atoms with Crippen LogP contribution in [-0.4, -0.2) is 27.7 Å². The van der Waals surface area contributed by atoms with Crippen molar-refractivity contribution in [1.29, 1.82) is 0 Å². The molecule has 2 aromatic heterocycles. The van der Waals surface area contributed by atoms with Crippen molar-refractivity contribution in [2.75, 3.05) is 6.54 Å². The minimum atomic E-state index is 0.243. The summed E-state index contributed by atoms with van der Waals surface area (Å²) in [6.45, 7) is 3.07. The Kier molecular flexibility index (Phi) is 3.43. The van der Waals surface area contributed by atoms with Gasteiger partial charge in [-0.2, -0.15) is 4.98 Å². The highest BCUT2D eigenvalue weighted by molar-refractivity contribution is 6.35. The van der Waals surface area contributed by atoms with Gasteiger partial charge in [0.25, 0.3) is 0 Å². The van der Waals surface area contributed by atoms with Crippen LogP contribution in [0.15, 0.2) is 16.8 Å². The van der Waals surface area contributed by atoms with Gasteiger partial charge in [-0.05, 0) is 26.0 Å². The molecule has 2 unspecified atom stereocenters. The Labute approximate surface area is 120 Å². The Morgan fingerprint density at radius 2 is 2.26 bits per heavy atom. The fourth-order valence-electron chi connectivity index (χ4n) is 2.26. The maximum atomic E-state index is 6.08. The SMILES string of the molecule is CC1NCCC1c1nc(-c2ncc(Cl)cc2Cl)no1. The fraction of sp³-hybridized carbons (Fsp3) is 0.417. The van der Waals surface area contributed by atoms with Crippen molar-refractivity contribution in [3.05, 3.63) is 28.2 Å². The zero-order chi connectivity index (χ0) is 13.4. The van der Waals surface area contributed by atoms with Gasteiger partial charge in [0.1, 0.15) is 5.69 Å². The van der Waals surface area contributed by atoms with Crippen molar-refractivity contribution in [1.82, 2.24) is 20.4 Å². The highest BCUT2D eigenvalue weighted by Gasteiger charge is 2.29. The molecule has 7 heteroatoms. The zero-order valence-electron chi connectivity index (χ0n) is 10.2. The lowest BCUT2D eigenvalue weighted by Gasteiger charge is -2.08. The van der Waals surface area contributed by atoms with Gasteiger partial charge >= 0.3 is 0 Å². The molecule has 0 aromatic carbocycles. The Morgan fingerprint density at radius 1 is 1.42 bits per heavy atom. The zero-order valence-corrected chi connectivity index (χ0v) is 11.7. The number of rotatable bonds is 2. The van der Waals surface area contributed by atoms with Crippen molar-refractivity contribution in [2.24, 2.45) is 0 Å². The standard InChI is InChI=1S/C12H12Cl2N4O/c1-6-8(2-3-15-6)12-17-11(18-19-12)10-9(14)4-7(13)5-16-10/h4-6,8,15H,2-3H2,1H3. The van der Waals surface area contributed by atoms with Crippen molar-refractivity contribution in [2.45, 2.75) is 25.3 Å². The van der Waals surface area contributed by atoms with Crippen LogP contribution in [0.2, 0.25) is 10.0 Å². The first kappa shape index (κ1) is 12.8. The topological polar surface area (TPSA) is 63.8 Å². The van der Waals surface area contributed by atoms with E-state index in [-0.39, 0.29) is 5.92 Å². The summed E-state index contributed by atoms with van der Waals surface area (Å²) in [6.07, 6.45) is 2.50. The molecule has 0 saturated carbocycles. The summed E-state index contributed by atoms with van der Waals surface area (Å²) in [5.41, 5.74) is 0.486. The van der Waals surface area contributed by atoms with Gasteiger partial charge in [-0.1, -0.05) is 28.4 Å². The van der Waals surface area contributed by atoms with Crippen LogP contribution in [0.3, 0.4) is 0 Å². The number of aromatic nitrogens is 3. The third kappa shape index (κ3) is 2.45. The highest BCUT2D eigenvalue weighted by Crippen LogP contribution is 2.30. The summed E-state index contributed by atoms with van der Waals surface area (Å²) in [5, 5.41) is 8.19. The largest absolute Gasteiger partial charge is 0.339 e. The molecule has 19 heavy (non-hydrogen) atoms. The fourth-order valence-corrected chi connectivity index (χ4v) is 2.72. The van der Waals surface area contributed by atoms with Gasteiger partial charge in [0.05, 0.1) is 16.0 Å². The van der Waals surface area contributed by atoms with E-state index in [4.69, 9.17) is 27.7 Å². The highest BCUT2D eigenvalue weighted by atomic mass is 35.5.